The summed E-state index contributed by atoms with van der Waals surface area (Å²) in [5.41, 5.74) is 4.52. The van der Waals surface area contributed by atoms with Crippen molar-refractivity contribution in [1.29, 1.82) is 0 Å². The van der Waals surface area contributed by atoms with E-state index in [1.54, 1.807) is 0 Å². The monoisotopic (exact) mass is 324 g/mol. The van der Waals surface area contributed by atoms with Crippen LogP contribution < -0.4 is 0 Å². The molecule has 1 unspecified atom stereocenters. The Kier molecular flexibility index (Phi) is 8.49. The van der Waals surface area contributed by atoms with Crippen LogP contribution in [0.5, 0.6) is 0 Å². The highest BCUT2D eigenvalue weighted by molar-refractivity contribution is 6.18. The number of allylic oxidation sites excluding steroid dienone is 6. The number of hydrogen-bond acceptors (Lipinski definition) is 1. The summed E-state index contributed by atoms with van der Waals surface area (Å²) >= 11 is 5.69. The van der Waals surface area contributed by atoms with Crippen molar-refractivity contribution in [2.45, 2.75) is 84.8 Å². The first-order valence-electron chi connectivity index (χ1n) is 8.56. The van der Waals surface area contributed by atoms with E-state index in [4.69, 9.17) is 16.3 Å². The van der Waals surface area contributed by atoms with Gasteiger partial charge in [-0.3, -0.25) is 0 Å². The lowest BCUT2D eigenvalue weighted by molar-refractivity contribution is 0.320. The first kappa shape index (κ1) is 19.5. The highest BCUT2D eigenvalue weighted by Crippen LogP contribution is 2.38. The Bertz CT molecular complexity index is 429. The SMILES string of the molecule is C/C(=C\CCl)CC/C=C(\C)CC/C=C(\C)CCC1OC1(C)C. The molecule has 0 aromatic rings. The van der Waals surface area contributed by atoms with Gasteiger partial charge < -0.3 is 4.74 Å². The molecule has 1 fully saturated rings. The molecule has 0 saturated carbocycles. The molecule has 1 aliphatic heterocycles. The summed E-state index contributed by atoms with van der Waals surface area (Å²) < 4.78 is 5.63. The number of hydrogen-bond donors (Lipinski definition) is 0. The van der Waals surface area contributed by atoms with Gasteiger partial charge in [-0.05, 0) is 73.1 Å². The highest BCUT2D eigenvalue weighted by atomic mass is 35.5. The summed E-state index contributed by atoms with van der Waals surface area (Å²) in [5, 5.41) is 0. The Hall–Kier alpha value is -0.530. The topological polar surface area (TPSA) is 12.5 Å². The molecule has 0 N–H and O–H groups in total. The zero-order valence-corrected chi connectivity index (χ0v) is 15.8. The van der Waals surface area contributed by atoms with Gasteiger partial charge in [-0.2, -0.15) is 0 Å². The number of ether oxygens (including phenoxy) is 1. The largest absolute Gasteiger partial charge is 0.367 e. The van der Waals surface area contributed by atoms with Crippen LogP contribution in [0.1, 0.15) is 73.1 Å². The van der Waals surface area contributed by atoms with Crippen molar-refractivity contribution in [3.63, 3.8) is 0 Å². The highest BCUT2D eigenvalue weighted by Gasteiger charge is 2.46. The number of rotatable bonds is 10. The Morgan fingerprint density at radius 2 is 1.36 bits per heavy atom. The molecule has 1 saturated heterocycles. The van der Waals surface area contributed by atoms with Crippen LogP contribution in [0, 0.1) is 0 Å². The van der Waals surface area contributed by atoms with Crippen molar-refractivity contribution in [2.75, 3.05) is 5.88 Å². The molecule has 1 atom stereocenters. The molecule has 0 bridgehead atoms. The van der Waals surface area contributed by atoms with Crippen molar-refractivity contribution in [2.24, 2.45) is 0 Å². The van der Waals surface area contributed by atoms with E-state index in [0.717, 1.165) is 25.7 Å². The van der Waals surface area contributed by atoms with E-state index in [-0.39, 0.29) is 5.60 Å². The molecule has 2 heteroatoms. The minimum atomic E-state index is 0.135. The maximum absolute atomic E-state index is 5.69. The molecule has 0 aromatic heterocycles. The van der Waals surface area contributed by atoms with Crippen molar-refractivity contribution < 1.29 is 4.74 Å². The quantitative estimate of drug-likeness (QED) is 0.251. The van der Waals surface area contributed by atoms with Crippen LogP contribution in [0.4, 0.5) is 0 Å². The average Bonchev–Trinajstić information content (AvgIpc) is 3.04. The van der Waals surface area contributed by atoms with Crippen LogP contribution in [0.2, 0.25) is 0 Å². The minimum absolute atomic E-state index is 0.135. The molecule has 1 rings (SSSR count). The molecule has 22 heavy (non-hydrogen) atoms. The number of halogens is 1. The molecular weight excluding hydrogens is 292 g/mol. The third kappa shape index (κ3) is 8.19. The fourth-order valence-electron chi connectivity index (χ4n) is 2.63. The molecule has 0 radical (unpaired) electrons. The van der Waals surface area contributed by atoms with Gasteiger partial charge in [-0.1, -0.05) is 34.9 Å². The third-order valence-corrected chi connectivity index (χ3v) is 4.61. The Balaban J connectivity index is 2.16. The summed E-state index contributed by atoms with van der Waals surface area (Å²) in [5.74, 6) is 0.627. The molecular formula is C20H33ClO. The van der Waals surface area contributed by atoms with Gasteiger partial charge in [0.15, 0.2) is 0 Å². The van der Waals surface area contributed by atoms with E-state index < -0.39 is 0 Å². The summed E-state index contributed by atoms with van der Waals surface area (Å²) in [6, 6.07) is 0. The predicted molar refractivity (Wildman–Crippen MR) is 98.6 cm³/mol. The van der Waals surface area contributed by atoms with E-state index in [0.29, 0.717) is 12.0 Å². The van der Waals surface area contributed by atoms with Crippen molar-refractivity contribution >= 4 is 11.6 Å². The molecule has 0 aliphatic carbocycles. The van der Waals surface area contributed by atoms with E-state index >= 15 is 0 Å². The van der Waals surface area contributed by atoms with Gasteiger partial charge in [0.2, 0.25) is 0 Å². The number of alkyl halides is 1. The van der Waals surface area contributed by atoms with Crippen LogP contribution in [-0.2, 0) is 4.74 Å². The Morgan fingerprint density at radius 3 is 1.82 bits per heavy atom. The fourth-order valence-corrected chi connectivity index (χ4v) is 2.89. The van der Waals surface area contributed by atoms with Crippen molar-refractivity contribution in [3.8, 4) is 0 Å². The molecule has 1 nitrogen and oxygen atoms in total. The zero-order chi connectivity index (χ0) is 16.6. The van der Waals surface area contributed by atoms with Crippen LogP contribution in [0.25, 0.3) is 0 Å². The second-order valence-electron chi connectivity index (χ2n) is 7.13. The molecule has 0 aromatic carbocycles. The maximum Gasteiger partial charge on any atom is 0.0892 e. The summed E-state index contributed by atoms with van der Waals surface area (Å²) in [7, 11) is 0. The van der Waals surface area contributed by atoms with Gasteiger partial charge in [0.1, 0.15) is 0 Å². The first-order valence-corrected chi connectivity index (χ1v) is 9.09. The van der Waals surface area contributed by atoms with E-state index in [2.05, 4.69) is 52.8 Å². The van der Waals surface area contributed by atoms with Crippen molar-refractivity contribution in [1.82, 2.24) is 0 Å². The predicted octanol–water partition coefficient (Wildman–Crippen LogP) is 6.58. The Morgan fingerprint density at radius 1 is 0.909 bits per heavy atom. The average molecular weight is 325 g/mol. The Labute approximate surface area is 142 Å². The molecule has 0 amide bonds. The minimum Gasteiger partial charge on any atom is -0.367 e. The second kappa shape index (κ2) is 9.57. The van der Waals surface area contributed by atoms with Gasteiger partial charge in [0.05, 0.1) is 11.7 Å². The van der Waals surface area contributed by atoms with E-state index in [1.165, 1.54) is 29.6 Å². The van der Waals surface area contributed by atoms with Crippen LogP contribution in [0.15, 0.2) is 34.9 Å². The second-order valence-corrected chi connectivity index (χ2v) is 7.44. The third-order valence-electron chi connectivity index (χ3n) is 4.45. The fraction of sp³-hybridized carbons (Fsp3) is 0.700. The van der Waals surface area contributed by atoms with Gasteiger partial charge in [-0.15, -0.1) is 11.6 Å². The van der Waals surface area contributed by atoms with Crippen LogP contribution in [-0.4, -0.2) is 17.6 Å². The lowest BCUT2D eigenvalue weighted by atomic mass is 10.0. The summed E-state index contributed by atoms with van der Waals surface area (Å²) in [4.78, 5) is 0. The molecule has 0 spiro atoms. The number of epoxide rings is 1. The first-order chi connectivity index (χ1) is 10.3. The maximum atomic E-state index is 5.69. The van der Waals surface area contributed by atoms with E-state index in [1.807, 2.05) is 0 Å². The van der Waals surface area contributed by atoms with Gasteiger partial charge in [-0.25, -0.2) is 0 Å². The lowest BCUT2D eigenvalue weighted by Crippen LogP contribution is -2.02. The molecule has 1 heterocycles. The van der Waals surface area contributed by atoms with E-state index in [9.17, 15) is 0 Å². The summed E-state index contributed by atoms with van der Waals surface area (Å²) in [6.45, 7) is 11.0. The standard InChI is InChI=1S/C20H33ClO/c1-16(9-7-11-18(3)14-15-21)8-6-10-17(2)12-13-19-20(4,5)22-19/h9-10,14,19H,6-8,11-13,15H2,1-5H3/b16-9+,17-10+,18-14+. The molecule has 1 aliphatic rings. The van der Waals surface area contributed by atoms with Crippen LogP contribution >= 0.6 is 11.6 Å². The van der Waals surface area contributed by atoms with Gasteiger partial charge >= 0.3 is 0 Å². The van der Waals surface area contributed by atoms with Crippen LogP contribution in [0.3, 0.4) is 0 Å². The van der Waals surface area contributed by atoms with Gasteiger partial charge in [0.25, 0.3) is 0 Å². The van der Waals surface area contributed by atoms with Crippen molar-refractivity contribution in [3.05, 3.63) is 34.9 Å². The lowest BCUT2D eigenvalue weighted by Gasteiger charge is -2.03. The van der Waals surface area contributed by atoms with Gasteiger partial charge in [0, 0.05) is 5.88 Å². The zero-order valence-electron chi connectivity index (χ0n) is 15.0. The molecule has 126 valence electrons. The normalized spacial score (nSPS) is 22.1. The smallest absolute Gasteiger partial charge is 0.0892 e. The summed E-state index contributed by atoms with van der Waals surface area (Å²) in [6.07, 6.45) is 14.2.